The van der Waals surface area contributed by atoms with Crippen LogP contribution >= 0.6 is 0 Å². The zero-order chi connectivity index (χ0) is 11.4. The van der Waals surface area contributed by atoms with Crippen LogP contribution in [0.5, 0.6) is 0 Å². The van der Waals surface area contributed by atoms with Gasteiger partial charge in [-0.2, -0.15) is 0 Å². The second kappa shape index (κ2) is 5.50. The minimum Gasteiger partial charge on any atom is -0.370 e. The molecule has 2 atom stereocenters. The standard InChI is InChI=1S/C14H27NO/c1-3-6-12(2)15-11-13-7-10-14(16-13)8-4-5-9-14/h12-13,15H,3-11H2,1-2H3. The van der Waals surface area contributed by atoms with Crippen LogP contribution in [0.3, 0.4) is 0 Å². The highest BCUT2D eigenvalue weighted by Gasteiger charge is 2.41. The molecule has 1 heterocycles. The topological polar surface area (TPSA) is 21.3 Å². The van der Waals surface area contributed by atoms with Gasteiger partial charge >= 0.3 is 0 Å². The summed E-state index contributed by atoms with van der Waals surface area (Å²) in [4.78, 5) is 0. The summed E-state index contributed by atoms with van der Waals surface area (Å²) >= 11 is 0. The summed E-state index contributed by atoms with van der Waals surface area (Å²) in [6.07, 6.45) is 11.0. The molecule has 2 fully saturated rings. The fourth-order valence-corrected chi connectivity index (χ4v) is 3.29. The van der Waals surface area contributed by atoms with E-state index < -0.39 is 0 Å². The zero-order valence-electron chi connectivity index (χ0n) is 10.9. The molecule has 0 aromatic rings. The predicted octanol–water partition coefficient (Wildman–Crippen LogP) is 3.26. The van der Waals surface area contributed by atoms with Gasteiger partial charge in [-0.3, -0.25) is 0 Å². The molecule has 2 heteroatoms. The molecule has 1 spiro atoms. The molecule has 1 N–H and O–H groups in total. The number of hydrogen-bond acceptors (Lipinski definition) is 2. The Morgan fingerprint density at radius 1 is 1.31 bits per heavy atom. The van der Waals surface area contributed by atoms with Crippen LogP contribution in [-0.4, -0.2) is 24.3 Å². The first-order chi connectivity index (χ1) is 7.74. The maximum Gasteiger partial charge on any atom is 0.0708 e. The highest BCUT2D eigenvalue weighted by atomic mass is 16.5. The Bertz CT molecular complexity index is 211. The second-order valence-corrected chi connectivity index (χ2v) is 5.77. The van der Waals surface area contributed by atoms with Crippen molar-refractivity contribution in [1.82, 2.24) is 5.32 Å². The molecule has 1 aliphatic carbocycles. The SMILES string of the molecule is CCCC(C)NCC1CCC2(CCCC2)O1. The summed E-state index contributed by atoms with van der Waals surface area (Å²) < 4.78 is 6.28. The maximum absolute atomic E-state index is 6.28. The first-order valence-corrected chi connectivity index (χ1v) is 7.15. The van der Waals surface area contributed by atoms with Crippen molar-refractivity contribution in [3.05, 3.63) is 0 Å². The van der Waals surface area contributed by atoms with Crippen LogP contribution in [0.4, 0.5) is 0 Å². The zero-order valence-corrected chi connectivity index (χ0v) is 10.9. The van der Waals surface area contributed by atoms with Crippen LogP contribution in [0.25, 0.3) is 0 Å². The predicted molar refractivity (Wildman–Crippen MR) is 67.7 cm³/mol. The number of nitrogens with one attached hydrogen (secondary N) is 1. The van der Waals surface area contributed by atoms with Gasteiger partial charge in [-0.25, -0.2) is 0 Å². The summed E-state index contributed by atoms with van der Waals surface area (Å²) in [7, 11) is 0. The molecule has 2 rings (SSSR count). The van der Waals surface area contributed by atoms with Crippen molar-refractivity contribution in [1.29, 1.82) is 0 Å². The largest absolute Gasteiger partial charge is 0.370 e. The molecule has 2 unspecified atom stereocenters. The normalized spacial score (nSPS) is 30.0. The van der Waals surface area contributed by atoms with E-state index in [-0.39, 0.29) is 0 Å². The van der Waals surface area contributed by atoms with E-state index in [9.17, 15) is 0 Å². The van der Waals surface area contributed by atoms with Gasteiger partial charge in [-0.15, -0.1) is 0 Å². The van der Waals surface area contributed by atoms with E-state index in [1.165, 1.54) is 51.4 Å². The van der Waals surface area contributed by atoms with Gasteiger partial charge in [-0.1, -0.05) is 26.2 Å². The van der Waals surface area contributed by atoms with Crippen molar-refractivity contribution < 1.29 is 4.74 Å². The second-order valence-electron chi connectivity index (χ2n) is 5.77. The Kier molecular flexibility index (Phi) is 4.26. The van der Waals surface area contributed by atoms with Gasteiger partial charge in [0.15, 0.2) is 0 Å². The molecule has 1 aliphatic heterocycles. The fraction of sp³-hybridized carbons (Fsp3) is 1.00. The summed E-state index contributed by atoms with van der Waals surface area (Å²) in [5, 5.41) is 3.61. The average Bonchev–Trinajstić information content (AvgIpc) is 2.88. The molecule has 2 aliphatic rings. The molecule has 2 nitrogen and oxygen atoms in total. The smallest absolute Gasteiger partial charge is 0.0708 e. The molecular weight excluding hydrogens is 198 g/mol. The van der Waals surface area contributed by atoms with Gasteiger partial charge in [0.05, 0.1) is 11.7 Å². The van der Waals surface area contributed by atoms with Gasteiger partial charge in [-0.05, 0) is 39.0 Å². The van der Waals surface area contributed by atoms with Crippen molar-refractivity contribution in [3.8, 4) is 0 Å². The number of rotatable bonds is 5. The summed E-state index contributed by atoms with van der Waals surface area (Å²) in [5.41, 5.74) is 0.306. The van der Waals surface area contributed by atoms with Crippen LogP contribution < -0.4 is 5.32 Å². The Labute approximate surface area is 100 Å². The Morgan fingerprint density at radius 2 is 2.06 bits per heavy atom. The van der Waals surface area contributed by atoms with Crippen LogP contribution in [-0.2, 0) is 4.74 Å². The van der Waals surface area contributed by atoms with Crippen molar-refractivity contribution >= 4 is 0 Å². The Balaban J connectivity index is 1.68. The average molecular weight is 225 g/mol. The van der Waals surface area contributed by atoms with Gasteiger partial charge in [0.2, 0.25) is 0 Å². The maximum atomic E-state index is 6.28. The summed E-state index contributed by atoms with van der Waals surface area (Å²) in [6.45, 7) is 5.59. The van der Waals surface area contributed by atoms with Crippen LogP contribution in [0.15, 0.2) is 0 Å². The lowest BCUT2D eigenvalue weighted by atomic mass is 9.98. The Hall–Kier alpha value is -0.0800. The highest BCUT2D eigenvalue weighted by molar-refractivity contribution is 4.93. The lowest BCUT2D eigenvalue weighted by Crippen LogP contribution is -2.35. The number of ether oxygens (including phenoxy) is 1. The summed E-state index contributed by atoms with van der Waals surface area (Å²) in [5.74, 6) is 0. The molecule has 94 valence electrons. The van der Waals surface area contributed by atoms with Gasteiger partial charge in [0, 0.05) is 12.6 Å². The van der Waals surface area contributed by atoms with E-state index in [1.54, 1.807) is 0 Å². The highest BCUT2D eigenvalue weighted by Crippen LogP contribution is 2.43. The molecule has 0 aromatic carbocycles. The lowest BCUT2D eigenvalue weighted by molar-refractivity contribution is -0.0358. The van der Waals surface area contributed by atoms with Crippen LogP contribution in [0, 0.1) is 0 Å². The van der Waals surface area contributed by atoms with Gasteiger partial charge in [0.1, 0.15) is 0 Å². The van der Waals surface area contributed by atoms with Crippen molar-refractivity contribution in [3.63, 3.8) is 0 Å². The number of hydrogen-bond donors (Lipinski definition) is 1. The van der Waals surface area contributed by atoms with E-state index in [0.717, 1.165) is 6.54 Å². The Morgan fingerprint density at radius 3 is 2.75 bits per heavy atom. The molecule has 0 aromatic heterocycles. The third-order valence-corrected chi connectivity index (χ3v) is 4.27. The monoisotopic (exact) mass is 225 g/mol. The van der Waals surface area contributed by atoms with Crippen molar-refractivity contribution in [2.45, 2.75) is 83.0 Å². The van der Waals surface area contributed by atoms with E-state index in [0.29, 0.717) is 17.7 Å². The molecule has 16 heavy (non-hydrogen) atoms. The first kappa shape index (κ1) is 12.4. The third-order valence-electron chi connectivity index (χ3n) is 4.27. The van der Waals surface area contributed by atoms with Gasteiger partial charge < -0.3 is 10.1 Å². The van der Waals surface area contributed by atoms with Crippen LogP contribution in [0.1, 0.15) is 65.2 Å². The van der Waals surface area contributed by atoms with Crippen LogP contribution in [0.2, 0.25) is 0 Å². The van der Waals surface area contributed by atoms with Gasteiger partial charge in [0.25, 0.3) is 0 Å². The fourth-order valence-electron chi connectivity index (χ4n) is 3.29. The van der Waals surface area contributed by atoms with E-state index in [4.69, 9.17) is 4.74 Å². The van der Waals surface area contributed by atoms with E-state index in [2.05, 4.69) is 19.2 Å². The van der Waals surface area contributed by atoms with E-state index in [1.807, 2.05) is 0 Å². The molecule has 0 amide bonds. The quantitative estimate of drug-likeness (QED) is 0.775. The third kappa shape index (κ3) is 2.98. The molecule has 0 bridgehead atoms. The van der Waals surface area contributed by atoms with Crippen molar-refractivity contribution in [2.75, 3.05) is 6.54 Å². The van der Waals surface area contributed by atoms with Crippen molar-refractivity contribution in [2.24, 2.45) is 0 Å². The summed E-state index contributed by atoms with van der Waals surface area (Å²) in [6, 6.07) is 0.647. The first-order valence-electron chi connectivity index (χ1n) is 7.15. The minimum absolute atomic E-state index is 0.306. The van der Waals surface area contributed by atoms with E-state index >= 15 is 0 Å². The minimum atomic E-state index is 0.306. The molecule has 1 saturated carbocycles. The molecule has 1 saturated heterocycles. The molecule has 0 radical (unpaired) electrons. The lowest BCUT2D eigenvalue weighted by Gasteiger charge is -2.24. The molecular formula is C14H27NO.